The zero-order valence-corrected chi connectivity index (χ0v) is 25.4. The van der Waals surface area contributed by atoms with Gasteiger partial charge in [-0.3, -0.25) is 14.4 Å². The molecular formula is C32H37N9O3. The Balaban J connectivity index is 1.44. The molecule has 2 aromatic carbocycles. The highest BCUT2D eigenvalue weighted by atomic mass is 16.2. The van der Waals surface area contributed by atoms with Gasteiger partial charge in [0.05, 0.1) is 18.0 Å². The first kappa shape index (κ1) is 29.4. The maximum absolute atomic E-state index is 13.4. The van der Waals surface area contributed by atoms with E-state index >= 15 is 0 Å². The SMILES string of the molecule is CNC(=O)c1ccc2c(c1)CCc1cc(C(=O)NC)ccc1C2(CC(C)(C)NCC(=O)N1C(C#N)C[C@@H]2C[C@@H]21)c1nnn[nH]1. The topological polar surface area (TPSA) is 169 Å². The van der Waals surface area contributed by atoms with E-state index in [9.17, 15) is 19.6 Å². The van der Waals surface area contributed by atoms with Gasteiger partial charge in [-0.05, 0) is 109 Å². The summed E-state index contributed by atoms with van der Waals surface area (Å²) >= 11 is 0. The number of likely N-dealkylation sites (tertiary alicyclic amines) is 1. The smallest absolute Gasteiger partial charge is 0.251 e. The van der Waals surface area contributed by atoms with Crippen LogP contribution < -0.4 is 16.0 Å². The number of nitrogens with zero attached hydrogens (tertiary/aromatic N) is 5. The van der Waals surface area contributed by atoms with Gasteiger partial charge in [0.15, 0.2) is 5.82 Å². The molecule has 3 aromatic rings. The lowest BCUT2D eigenvalue weighted by molar-refractivity contribution is -0.131. The highest BCUT2D eigenvalue weighted by molar-refractivity contribution is 5.95. The second-order valence-corrected chi connectivity index (χ2v) is 12.7. The Morgan fingerprint density at radius 2 is 1.64 bits per heavy atom. The minimum absolute atomic E-state index is 0.0721. The third-order valence-electron chi connectivity index (χ3n) is 9.49. The van der Waals surface area contributed by atoms with E-state index < -0.39 is 11.0 Å². The Labute approximate surface area is 256 Å². The first-order valence-corrected chi connectivity index (χ1v) is 15.0. The molecule has 0 bridgehead atoms. The number of carbonyl (C=O) groups excluding carboxylic acids is 3. The molecule has 1 aliphatic heterocycles. The molecule has 3 aliphatic rings. The van der Waals surface area contributed by atoms with E-state index in [0.29, 0.717) is 42.1 Å². The molecule has 6 rings (SSSR count). The molecule has 0 spiro atoms. The predicted molar refractivity (Wildman–Crippen MR) is 161 cm³/mol. The van der Waals surface area contributed by atoms with Crippen LogP contribution in [0.5, 0.6) is 0 Å². The second kappa shape index (κ2) is 11.1. The maximum atomic E-state index is 13.4. The third-order valence-corrected chi connectivity index (χ3v) is 9.49. The van der Waals surface area contributed by atoms with Crippen molar-refractivity contribution in [3.05, 3.63) is 75.6 Å². The number of benzene rings is 2. The monoisotopic (exact) mass is 595 g/mol. The lowest BCUT2D eigenvalue weighted by Crippen LogP contribution is -2.52. The Morgan fingerprint density at radius 1 is 1.02 bits per heavy atom. The maximum Gasteiger partial charge on any atom is 0.251 e. The molecule has 228 valence electrons. The van der Waals surface area contributed by atoms with Crippen molar-refractivity contribution in [2.45, 2.75) is 69.0 Å². The van der Waals surface area contributed by atoms with Crippen LogP contribution in [0.15, 0.2) is 36.4 Å². The minimum atomic E-state index is -0.920. The van der Waals surface area contributed by atoms with Crippen molar-refractivity contribution >= 4 is 17.7 Å². The van der Waals surface area contributed by atoms with E-state index in [0.717, 1.165) is 35.1 Å². The summed E-state index contributed by atoms with van der Waals surface area (Å²) in [5.41, 5.74) is 3.38. The van der Waals surface area contributed by atoms with Gasteiger partial charge >= 0.3 is 0 Å². The van der Waals surface area contributed by atoms with E-state index in [1.165, 1.54) is 0 Å². The highest BCUT2D eigenvalue weighted by Crippen LogP contribution is 2.49. The van der Waals surface area contributed by atoms with Gasteiger partial charge in [0.1, 0.15) is 6.04 Å². The number of piperidine rings is 1. The van der Waals surface area contributed by atoms with Crippen LogP contribution in [0.2, 0.25) is 0 Å². The van der Waals surface area contributed by atoms with Crippen molar-refractivity contribution in [2.24, 2.45) is 5.92 Å². The molecule has 1 aromatic heterocycles. The molecule has 3 amide bonds. The van der Waals surface area contributed by atoms with Crippen LogP contribution in [-0.2, 0) is 23.1 Å². The van der Waals surface area contributed by atoms with Crippen molar-refractivity contribution in [3.8, 4) is 6.07 Å². The van der Waals surface area contributed by atoms with Gasteiger partial charge in [-0.25, -0.2) is 5.10 Å². The van der Waals surface area contributed by atoms with Gasteiger partial charge in [0, 0.05) is 36.8 Å². The van der Waals surface area contributed by atoms with E-state index in [-0.39, 0.29) is 36.3 Å². The molecule has 0 radical (unpaired) electrons. The molecule has 2 aliphatic carbocycles. The number of H-pyrrole nitrogens is 1. The zero-order valence-electron chi connectivity index (χ0n) is 25.4. The minimum Gasteiger partial charge on any atom is -0.355 e. The lowest BCUT2D eigenvalue weighted by Gasteiger charge is -2.41. The van der Waals surface area contributed by atoms with E-state index in [1.807, 2.05) is 50.2 Å². The van der Waals surface area contributed by atoms with Crippen molar-refractivity contribution in [3.63, 3.8) is 0 Å². The highest BCUT2D eigenvalue weighted by Gasteiger charge is 2.54. The Bertz CT molecular complexity index is 1590. The molecule has 12 nitrogen and oxygen atoms in total. The van der Waals surface area contributed by atoms with Gasteiger partial charge in [-0.1, -0.05) is 12.1 Å². The van der Waals surface area contributed by atoms with Crippen molar-refractivity contribution < 1.29 is 14.4 Å². The van der Waals surface area contributed by atoms with Gasteiger partial charge in [-0.2, -0.15) is 5.26 Å². The molecule has 12 heteroatoms. The van der Waals surface area contributed by atoms with Crippen LogP contribution in [0, 0.1) is 17.2 Å². The first-order valence-electron chi connectivity index (χ1n) is 15.0. The van der Waals surface area contributed by atoms with Gasteiger partial charge in [0.2, 0.25) is 5.91 Å². The van der Waals surface area contributed by atoms with Crippen molar-refractivity contribution in [1.82, 2.24) is 41.5 Å². The summed E-state index contributed by atoms with van der Waals surface area (Å²) in [6.45, 7) is 4.17. The number of hydrogen-bond donors (Lipinski definition) is 4. The van der Waals surface area contributed by atoms with E-state index in [2.05, 4.69) is 42.6 Å². The summed E-state index contributed by atoms with van der Waals surface area (Å²) in [6, 6.07) is 13.5. The normalized spacial score (nSPS) is 21.2. The van der Waals surface area contributed by atoms with Crippen LogP contribution in [0.4, 0.5) is 0 Å². The molecule has 4 N–H and O–H groups in total. The fraction of sp³-hybridized carbons (Fsp3) is 0.469. The van der Waals surface area contributed by atoms with Crippen LogP contribution in [0.25, 0.3) is 0 Å². The number of nitrogens with one attached hydrogen (secondary N) is 4. The number of rotatable bonds is 8. The number of fused-ring (bicyclic) bond motifs is 3. The average Bonchev–Trinajstić information content (AvgIpc) is 3.42. The van der Waals surface area contributed by atoms with E-state index in [4.69, 9.17) is 0 Å². The largest absolute Gasteiger partial charge is 0.355 e. The number of amides is 3. The number of carbonyl (C=O) groups is 3. The van der Waals surface area contributed by atoms with Gasteiger partial charge < -0.3 is 20.9 Å². The lowest BCUT2D eigenvalue weighted by atomic mass is 9.65. The average molecular weight is 596 g/mol. The van der Waals surface area contributed by atoms with Crippen LogP contribution in [0.3, 0.4) is 0 Å². The summed E-state index contributed by atoms with van der Waals surface area (Å²) < 4.78 is 0. The summed E-state index contributed by atoms with van der Waals surface area (Å²) in [7, 11) is 3.21. The summed E-state index contributed by atoms with van der Waals surface area (Å²) in [4.78, 5) is 40.5. The molecule has 1 saturated carbocycles. The first-order chi connectivity index (χ1) is 21.1. The standard InChI is InChI=1S/C32H37N9O3/c1-31(2,36-16-27(42)41-23(15-33)13-22-14-26(22)41)17-32(30-37-39-40-38-30)24-9-7-20(28(43)34-3)11-18(24)5-6-19-12-21(29(44)35-4)8-10-25(19)32/h7-12,22-23,26,36H,5-6,13-14,16-17H2,1-4H3,(H,34,43)(H,35,44)(H,37,38,39,40)/t22-,23?,26+/m1/s1. The van der Waals surface area contributed by atoms with Gasteiger partial charge in [-0.15, -0.1) is 5.10 Å². The number of aromatic nitrogens is 4. The fourth-order valence-electron chi connectivity index (χ4n) is 7.35. The summed E-state index contributed by atoms with van der Waals surface area (Å²) in [6.07, 6.45) is 3.43. The number of tetrazole rings is 1. The fourth-order valence-corrected chi connectivity index (χ4v) is 7.35. The number of nitriles is 1. The zero-order chi connectivity index (χ0) is 31.2. The third kappa shape index (κ3) is 5.01. The molecular weight excluding hydrogens is 558 g/mol. The Morgan fingerprint density at radius 3 is 2.16 bits per heavy atom. The molecule has 1 unspecified atom stereocenters. The predicted octanol–water partition coefficient (Wildman–Crippen LogP) is 1.62. The van der Waals surface area contributed by atoms with E-state index in [1.54, 1.807) is 19.0 Å². The number of aryl methyl sites for hydroxylation is 2. The second-order valence-electron chi connectivity index (χ2n) is 12.7. The Hall–Kier alpha value is -4.63. The number of aromatic amines is 1. The molecule has 1 saturated heterocycles. The molecule has 2 heterocycles. The number of hydrogen-bond acceptors (Lipinski definition) is 8. The summed E-state index contributed by atoms with van der Waals surface area (Å²) in [5, 5.41) is 34.0. The molecule has 44 heavy (non-hydrogen) atoms. The van der Waals surface area contributed by atoms with Crippen LogP contribution >= 0.6 is 0 Å². The van der Waals surface area contributed by atoms with Crippen LogP contribution in [0.1, 0.15) is 81.9 Å². The summed E-state index contributed by atoms with van der Waals surface area (Å²) in [5.74, 6) is 0.529. The van der Waals surface area contributed by atoms with Crippen molar-refractivity contribution in [2.75, 3.05) is 20.6 Å². The van der Waals surface area contributed by atoms with Crippen molar-refractivity contribution in [1.29, 1.82) is 5.26 Å². The van der Waals surface area contributed by atoms with Crippen LogP contribution in [-0.4, -0.2) is 81.5 Å². The quantitative estimate of drug-likeness (QED) is 0.305. The van der Waals surface area contributed by atoms with Gasteiger partial charge in [0.25, 0.3) is 11.8 Å². The molecule has 2 fully saturated rings. The Kier molecular flexibility index (Phi) is 7.45. The molecule has 3 atom stereocenters.